The third kappa shape index (κ3) is 11.8. The van der Waals surface area contributed by atoms with Gasteiger partial charge in [0.05, 0.1) is 0 Å². The zero-order valence-corrected chi connectivity index (χ0v) is 24.1. The second kappa shape index (κ2) is 14.6. The van der Waals surface area contributed by atoms with Gasteiger partial charge in [-0.15, -0.1) is 0 Å². The molecule has 220 valence electrons. The molecule has 1 aromatic carbocycles. The first-order valence-electron chi connectivity index (χ1n) is 12.8. The Morgan fingerprint density at radius 3 is 1.77 bits per heavy atom. The van der Waals surface area contributed by atoms with Crippen LogP contribution in [0.15, 0.2) is 18.2 Å². The standard InChI is InChI=1S/C27H41NO11/c1-10-17(5)34-23(31)36-20-13-12-19(14-21(20)37-24(32)35-18(6)11-2)15-27(22(29)30,28-16(3)4)39-25(33)38-26(7,8)9/h12-14,16-18,28H,10-11,15H2,1-9H3,(H,29,30)/t17?,18?,27-/m0/s1. The normalized spacial score (nSPS) is 14.4. The maximum absolute atomic E-state index is 12.5. The van der Waals surface area contributed by atoms with Crippen LogP contribution in [-0.2, 0) is 30.2 Å². The number of carboxylic acids is 1. The molecule has 39 heavy (non-hydrogen) atoms. The molecule has 0 bridgehead atoms. The van der Waals surface area contributed by atoms with E-state index >= 15 is 0 Å². The van der Waals surface area contributed by atoms with Crippen LogP contribution in [0.25, 0.3) is 0 Å². The first kappa shape index (κ1) is 33.5. The van der Waals surface area contributed by atoms with Gasteiger partial charge in [0, 0.05) is 12.5 Å². The molecule has 12 nitrogen and oxygen atoms in total. The van der Waals surface area contributed by atoms with Crippen molar-refractivity contribution < 1.29 is 52.7 Å². The summed E-state index contributed by atoms with van der Waals surface area (Å²) in [6.07, 6.45) is -3.46. The monoisotopic (exact) mass is 555 g/mol. The molecule has 0 aliphatic heterocycles. The molecule has 3 atom stereocenters. The number of benzene rings is 1. The largest absolute Gasteiger partial charge is 0.514 e. The number of hydrogen-bond donors (Lipinski definition) is 2. The number of rotatable bonds is 12. The molecule has 12 heteroatoms. The highest BCUT2D eigenvalue weighted by Gasteiger charge is 2.45. The predicted octanol–water partition coefficient (Wildman–Crippen LogP) is 5.59. The molecule has 0 heterocycles. The number of carbonyl (C=O) groups is 4. The first-order chi connectivity index (χ1) is 18.0. The van der Waals surface area contributed by atoms with E-state index in [1.807, 2.05) is 13.8 Å². The molecule has 0 amide bonds. The van der Waals surface area contributed by atoms with Crippen molar-refractivity contribution in [3.05, 3.63) is 23.8 Å². The summed E-state index contributed by atoms with van der Waals surface area (Å²) in [5.74, 6) is -1.89. The van der Waals surface area contributed by atoms with E-state index in [2.05, 4.69) is 5.32 Å². The van der Waals surface area contributed by atoms with Gasteiger partial charge in [0.1, 0.15) is 17.8 Å². The maximum Gasteiger partial charge on any atom is 0.514 e. The van der Waals surface area contributed by atoms with E-state index in [4.69, 9.17) is 28.4 Å². The average Bonchev–Trinajstić information content (AvgIpc) is 2.78. The lowest BCUT2D eigenvalue weighted by atomic mass is 10.0. The Morgan fingerprint density at radius 1 is 0.821 bits per heavy atom. The Bertz CT molecular complexity index is 1000. The minimum absolute atomic E-state index is 0.168. The summed E-state index contributed by atoms with van der Waals surface area (Å²) in [6, 6.07) is 3.58. The van der Waals surface area contributed by atoms with Gasteiger partial charge in [-0.25, -0.2) is 19.2 Å². The fraction of sp³-hybridized carbons (Fsp3) is 0.630. The highest BCUT2D eigenvalue weighted by molar-refractivity contribution is 5.80. The van der Waals surface area contributed by atoms with E-state index in [0.29, 0.717) is 12.8 Å². The van der Waals surface area contributed by atoms with Gasteiger partial charge in [-0.05, 0) is 79.0 Å². The molecule has 2 N–H and O–H groups in total. The van der Waals surface area contributed by atoms with Crippen LogP contribution in [-0.4, -0.2) is 59.1 Å². The molecule has 0 radical (unpaired) electrons. The molecule has 0 saturated carbocycles. The van der Waals surface area contributed by atoms with Crippen LogP contribution in [0, 0.1) is 0 Å². The van der Waals surface area contributed by atoms with Crippen LogP contribution in [0.3, 0.4) is 0 Å². The molecular weight excluding hydrogens is 514 g/mol. The SMILES string of the molecule is CCC(C)OC(=O)Oc1ccc(C[C@](NC(C)C)(OC(=O)OC(C)(C)C)C(=O)O)cc1OC(=O)OC(C)CC. The topological polar surface area (TPSA) is 156 Å². The molecule has 0 spiro atoms. The van der Waals surface area contributed by atoms with Gasteiger partial charge in [0.2, 0.25) is 0 Å². The lowest BCUT2D eigenvalue weighted by molar-refractivity contribution is -0.169. The van der Waals surface area contributed by atoms with Gasteiger partial charge in [0.25, 0.3) is 5.72 Å². The average molecular weight is 556 g/mol. The van der Waals surface area contributed by atoms with Crippen molar-refractivity contribution in [3.63, 3.8) is 0 Å². The van der Waals surface area contributed by atoms with Gasteiger partial charge in [0.15, 0.2) is 11.5 Å². The fourth-order valence-electron chi connectivity index (χ4n) is 3.01. The van der Waals surface area contributed by atoms with Gasteiger partial charge >= 0.3 is 24.4 Å². The van der Waals surface area contributed by atoms with Gasteiger partial charge < -0.3 is 33.5 Å². The van der Waals surface area contributed by atoms with E-state index in [1.54, 1.807) is 48.5 Å². The van der Waals surface area contributed by atoms with Gasteiger partial charge in [-0.2, -0.15) is 0 Å². The minimum Gasteiger partial charge on any atom is -0.477 e. The molecule has 0 fully saturated rings. The summed E-state index contributed by atoms with van der Waals surface area (Å²) < 4.78 is 31.3. The van der Waals surface area contributed by atoms with Crippen molar-refractivity contribution in [3.8, 4) is 11.5 Å². The van der Waals surface area contributed by atoms with Crippen molar-refractivity contribution in [2.24, 2.45) is 0 Å². The molecule has 0 saturated heterocycles. The lowest BCUT2D eigenvalue weighted by Crippen LogP contribution is -2.59. The molecule has 2 unspecified atom stereocenters. The molecule has 0 aliphatic carbocycles. The van der Waals surface area contributed by atoms with E-state index in [0.717, 1.165) is 0 Å². The smallest absolute Gasteiger partial charge is 0.477 e. The summed E-state index contributed by atoms with van der Waals surface area (Å²) >= 11 is 0. The fourth-order valence-corrected chi connectivity index (χ4v) is 3.01. The third-order valence-corrected chi connectivity index (χ3v) is 5.11. The highest BCUT2D eigenvalue weighted by atomic mass is 16.8. The van der Waals surface area contributed by atoms with Crippen LogP contribution in [0.5, 0.6) is 11.5 Å². The van der Waals surface area contributed by atoms with Crippen LogP contribution < -0.4 is 14.8 Å². The molecule has 0 aromatic heterocycles. The summed E-state index contributed by atoms with van der Waals surface area (Å²) in [7, 11) is 0. The van der Waals surface area contributed by atoms with Gasteiger partial charge in [-0.3, -0.25) is 5.32 Å². The summed E-state index contributed by atoms with van der Waals surface area (Å²) in [4.78, 5) is 49.5. The Labute approximate surface area is 229 Å². The Balaban J connectivity index is 3.44. The number of nitrogens with one attached hydrogen (secondary N) is 1. The van der Waals surface area contributed by atoms with E-state index in [-0.39, 0.29) is 17.1 Å². The molecule has 1 rings (SSSR count). The van der Waals surface area contributed by atoms with Crippen LogP contribution >= 0.6 is 0 Å². The van der Waals surface area contributed by atoms with Crippen LogP contribution in [0.4, 0.5) is 14.4 Å². The van der Waals surface area contributed by atoms with Crippen LogP contribution in [0.2, 0.25) is 0 Å². The van der Waals surface area contributed by atoms with Crippen molar-refractivity contribution in [2.45, 2.75) is 111 Å². The molecule has 0 aliphatic rings. The second-order valence-corrected chi connectivity index (χ2v) is 10.3. The summed E-state index contributed by atoms with van der Waals surface area (Å²) in [6.45, 7) is 15.2. The second-order valence-electron chi connectivity index (χ2n) is 10.3. The van der Waals surface area contributed by atoms with Crippen molar-refractivity contribution >= 4 is 24.4 Å². The maximum atomic E-state index is 12.5. The minimum atomic E-state index is -2.25. The number of carbonyl (C=O) groups excluding carboxylic acids is 3. The highest BCUT2D eigenvalue weighted by Crippen LogP contribution is 2.32. The zero-order valence-electron chi connectivity index (χ0n) is 24.1. The third-order valence-electron chi connectivity index (χ3n) is 5.11. The lowest BCUT2D eigenvalue weighted by Gasteiger charge is -2.33. The zero-order chi connectivity index (χ0) is 30.0. The number of ether oxygens (including phenoxy) is 6. The van der Waals surface area contributed by atoms with Gasteiger partial charge in [-0.1, -0.05) is 19.9 Å². The van der Waals surface area contributed by atoms with Crippen molar-refractivity contribution in [2.75, 3.05) is 0 Å². The van der Waals surface area contributed by atoms with Crippen LogP contribution in [0.1, 0.15) is 80.7 Å². The first-order valence-corrected chi connectivity index (χ1v) is 12.8. The number of hydrogen-bond acceptors (Lipinski definition) is 11. The van der Waals surface area contributed by atoms with Crippen molar-refractivity contribution in [1.29, 1.82) is 0 Å². The quantitative estimate of drug-likeness (QED) is 0.143. The Hall–Kier alpha value is -3.54. The van der Waals surface area contributed by atoms with E-state index < -0.39 is 60.4 Å². The summed E-state index contributed by atoms with van der Waals surface area (Å²) in [5.41, 5.74) is -2.93. The molecule has 1 aromatic rings. The predicted molar refractivity (Wildman–Crippen MR) is 140 cm³/mol. The van der Waals surface area contributed by atoms with E-state index in [9.17, 15) is 24.3 Å². The number of aliphatic carboxylic acids is 1. The summed E-state index contributed by atoms with van der Waals surface area (Å²) in [5, 5.41) is 12.9. The molecular formula is C27H41NO11. The van der Waals surface area contributed by atoms with E-state index in [1.165, 1.54) is 18.2 Å². The Morgan fingerprint density at radius 2 is 1.33 bits per heavy atom. The Kier molecular flexibility index (Phi) is 12.5. The number of carboxylic acid groups (broad SMARTS) is 1. The van der Waals surface area contributed by atoms with Crippen molar-refractivity contribution in [1.82, 2.24) is 5.32 Å².